The van der Waals surface area contributed by atoms with Gasteiger partial charge in [-0.25, -0.2) is 10.2 Å². The summed E-state index contributed by atoms with van der Waals surface area (Å²) in [4.78, 5) is 11.2. The predicted molar refractivity (Wildman–Crippen MR) is 82.0 cm³/mol. The third kappa shape index (κ3) is 3.73. The highest BCUT2D eigenvalue weighted by Crippen LogP contribution is 2.37. The van der Waals surface area contributed by atoms with Crippen LogP contribution < -0.4 is 15.5 Å². The van der Waals surface area contributed by atoms with E-state index in [9.17, 15) is 18.0 Å². The molecule has 0 unspecified atom stereocenters. The molecule has 25 heavy (non-hydrogen) atoms. The number of benzene rings is 1. The number of nitrogens with zero attached hydrogens (tertiary/aromatic N) is 2. The van der Waals surface area contributed by atoms with Crippen molar-refractivity contribution in [3.05, 3.63) is 47.3 Å². The van der Waals surface area contributed by atoms with Crippen LogP contribution in [-0.4, -0.2) is 28.0 Å². The molecule has 0 saturated heterocycles. The second-order valence-electron chi connectivity index (χ2n) is 5.38. The van der Waals surface area contributed by atoms with E-state index in [0.717, 1.165) is 6.07 Å². The van der Waals surface area contributed by atoms with Gasteiger partial charge in [-0.1, -0.05) is 0 Å². The highest BCUT2D eigenvalue weighted by Gasteiger charge is 2.35. The van der Waals surface area contributed by atoms with Crippen molar-refractivity contribution in [2.24, 2.45) is 5.10 Å². The number of carbonyl (C=O) groups excluding carboxylic acids is 1. The molecule has 0 saturated carbocycles. The number of ether oxygens (including phenoxy) is 1. The number of hydrogen-bond donors (Lipinski definition) is 3. The Balaban J connectivity index is 1.91. The molecule has 1 aromatic heterocycles. The van der Waals surface area contributed by atoms with Crippen molar-refractivity contribution >= 4 is 11.7 Å². The lowest BCUT2D eigenvalue weighted by atomic mass is 10.0. The number of nitrogens with one attached hydrogen (secondary N) is 3. The second kappa shape index (κ2) is 6.46. The standard InChI is InChI=1S/C15H14F3N5O2/c1-8-13(22-23-14(24)20-8)9-2-3-12(11(6-9)15(16,17)18)25-7-10-4-5-19-21-10/h2-6,8H,7H2,1H3,(H,19,21)(H2,20,23,24)/t8-/m0/s1. The Bertz CT molecular complexity index is 802. The average Bonchev–Trinajstić information content (AvgIpc) is 3.05. The maximum Gasteiger partial charge on any atom is 0.419 e. The Kier molecular flexibility index (Phi) is 4.34. The van der Waals surface area contributed by atoms with Gasteiger partial charge in [-0.3, -0.25) is 5.10 Å². The molecule has 0 spiro atoms. The van der Waals surface area contributed by atoms with Gasteiger partial charge in [0.15, 0.2) is 0 Å². The fourth-order valence-electron chi connectivity index (χ4n) is 2.38. The van der Waals surface area contributed by atoms with Gasteiger partial charge in [-0.05, 0) is 31.2 Å². The molecule has 1 aliphatic rings. The first kappa shape index (κ1) is 16.8. The van der Waals surface area contributed by atoms with E-state index in [1.807, 2.05) is 0 Å². The van der Waals surface area contributed by atoms with Crippen LogP contribution in [0.1, 0.15) is 23.7 Å². The van der Waals surface area contributed by atoms with Crippen LogP contribution in [0.5, 0.6) is 5.75 Å². The van der Waals surface area contributed by atoms with E-state index in [2.05, 4.69) is 26.0 Å². The molecule has 0 fully saturated rings. The highest BCUT2D eigenvalue weighted by atomic mass is 19.4. The fraction of sp³-hybridized carbons (Fsp3) is 0.267. The smallest absolute Gasteiger partial charge is 0.419 e. The summed E-state index contributed by atoms with van der Waals surface area (Å²) in [6.45, 7) is 1.56. The summed E-state index contributed by atoms with van der Waals surface area (Å²) < 4.78 is 45.5. The van der Waals surface area contributed by atoms with Crippen LogP contribution in [0.15, 0.2) is 35.6 Å². The number of aromatic nitrogens is 2. The molecule has 132 valence electrons. The number of rotatable bonds is 4. The van der Waals surface area contributed by atoms with Gasteiger partial charge < -0.3 is 10.1 Å². The minimum Gasteiger partial charge on any atom is -0.487 e. The Hall–Kier alpha value is -3.04. The molecule has 0 aliphatic carbocycles. The van der Waals surface area contributed by atoms with Crippen molar-refractivity contribution in [3.63, 3.8) is 0 Å². The maximum atomic E-state index is 13.4. The van der Waals surface area contributed by atoms with Crippen molar-refractivity contribution in [1.29, 1.82) is 0 Å². The van der Waals surface area contributed by atoms with E-state index < -0.39 is 23.8 Å². The van der Waals surface area contributed by atoms with Crippen molar-refractivity contribution < 1.29 is 22.7 Å². The van der Waals surface area contributed by atoms with Crippen LogP contribution >= 0.6 is 0 Å². The number of aromatic amines is 1. The van der Waals surface area contributed by atoms with Crippen LogP contribution in [-0.2, 0) is 12.8 Å². The van der Waals surface area contributed by atoms with Crippen LogP contribution in [0.3, 0.4) is 0 Å². The Labute approximate surface area is 140 Å². The molecule has 1 atom stereocenters. The first-order valence-electron chi connectivity index (χ1n) is 7.31. The Morgan fingerprint density at radius 2 is 2.08 bits per heavy atom. The number of amides is 2. The molecular weight excluding hydrogens is 339 g/mol. The third-order valence-corrected chi connectivity index (χ3v) is 3.56. The summed E-state index contributed by atoms with van der Waals surface area (Å²) in [6.07, 6.45) is -3.12. The van der Waals surface area contributed by atoms with Crippen molar-refractivity contribution in [1.82, 2.24) is 20.9 Å². The van der Waals surface area contributed by atoms with Crippen LogP contribution in [0.25, 0.3) is 0 Å². The molecule has 1 aromatic carbocycles. The fourth-order valence-corrected chi connectivity index (χ4v) is 2.38. The minimum atomic E-state index is -4.60. The summed E-state index contributed by atoms with van der Waals surface area (Å²) >= 11 is 0. The molecule has 3 rings (SSSR count). The SMILES string of the molecule is C[C@@H]1NC(=O)NN=C1c1ccc(OCc2ccn[nH]2)c(C(F)(F)F)c1. The van der Waals surface area contributed by atoms with Gasteiger partial charge >= 0.3 is 12.2 Å². The van der Waals surface area contributed by atoms with Gasteiger partial charge in [0.1, 0.15) is 12.4 Å². The molecule has 2 amide bonds. The van der Waals surface area contributed by atoms with E-state index in [-0.39, 0.29) is 17.9 Å². The molecule has 10 heteroatoms. The molecular formula is C15H14F3N5O2. The van der Waals surface area contributed by atoms with Crippen LogP contribution in [0.2, 0.25) is 0 Å². The molecule has 7 nitrogen and oxygen atoms in total. The lowest BCUT2D eigenvalue weighted by Crippen LogP contribution is -2.48. The maximum absolute atomic E-state index is 13.4. The normalized spacial score (nSPS) is 17.5. The summed E-state index contributed by atoms with van der Waals surface area (Å²) in [6, 6.07) is 4.23. The zero-order valence-corrected chi connectivity index (χ0v) is 13.0. The zero-order chi connectivity index (χ0) is 18.0. The highest BCUT2D eigenvalue weighted by molar-refractivity contribution is 6.07. The topological polar surface area (TPSA) is 91.4 Å². The van der Waals surface area contributed by atoms with Crippen LogP contribution in [0.4, 0.5) is 18.0 Å². The predicted octanol–water partition coefficient (Wildman–Crippen LogP) is 2.41. The van der Waals surface area contributed by atoms with E-state index in [1.54, 1.807) is 13.0 Å². The van der Waals surface area contributed by atoms with Gasteiger partial charge in [0, 0.05) is 11.8 Å². The van der Waals surface area contributed by atoms with Gasteiger partial charge in [0.25, 0.3) is 0 Å². The van der Waals surface area contributed by atoms with E-state index in [4.69, 9.17) is 4.74 Å². The van der Waals surface area contributed by atoms with Gasteiger partial charge in [-0.2, -0.15) is 23.4 Å². The number of hydrazone groups is 1. The summed E-state index contributed by atoms with van der Waals surface area (Å²) in [5.41, 5.74) is 2.36. The first-order valence-corrected chi connectivity index (χ1v) is 7.31. The number of carbonyl (C=O) groups is 1. The van der Waals surface area contributed by atoms with Crippen molar-refractivity contribution in [2.45, 2.75) is 25.7 Å². The molecule has 0 radical (unpaired) electrons. The molecule has 2 heterocycles. The van der Waals surface area contributed by atoms with E-state index in [0.29, 0.717) is 11.4 Å². The monoisotopic (exact) mass is 353 g/mol. The van der Waals surface area contributed by atoms with Gasteiger partial charge in [0.05, 0.1) is 23.0 Å². The molecule has 2 aromatic rings. The van der Waals surface area contributed by atoms with E-state index >= 15 is 0 Å². The second-order valence-corrected chi connectivity index (χ2v) is 5.38. The zero-order valence-electron chi connectivity index (χ0n) is 13.0. The van der Waals surface area contributed by atoms with Crippen molar-refractivity contribution in [3.8, 4) is 5.75 Å². The lowest BCUT2D eigenvalue weighted by molar-refractivity contribution is -0.139. The molecule has 3 N–H and O–H groups in total. The number of halogens is 3. The number of alkyl halides is 3. The summed E-state index contributed by atoms with van der Waals surface area (Å²) in [5, 5.41) is 12.7. The quantitative estimate of drug-likeness (QED) is 0.788. The number of H-pyrrole nitrogens is 1. The number of urea groups is 1. The van der Waals surface area contributed by atoms with E-state index in [1.165, 1.54) is 18.3 Å². The Morgan fingerprint density at radius 1 is 1.28 bits per heavy atom. The average molecular weight is 353 g/mol. The Morgan fingerprint density at radius 3 is 2.72 bits per heavy atom. The van der Waals surface area contributed by atoms with Gasteiger partial charge in [-0.15, -0.1) is 0 Å². The molecule has 1 aliphatic heterocycles. The van der Waals surface area contributed by atoms with Crippen molar-refractivity contribution in [2.75, 3.05) is 0 Å². The number of hydrogen-bond acceptors (Lipinski definition) is 4. The summed E-state index contributed by atoms with van der Waals surface area (Å²) in [5.74, 6) is -0.299. The van der Waals surface area contributed by atoms with Gasteiger partial charge in [0.2, 0.25) is 0 Å². The summed E-state index contributed by atoms with van der Waals surface area (Å²) in [7, 11) is 0. The molecule has 0 bridgehead atoms. The van der Waals surface area contributed by atoms with Crippen LogP contribution in [0, 0.1) is 0 Å². The minimum absolute atomic E-state index is 0.0720. The first-order chi connectivity index (χ1) is 11.8. The third-order valence-electron chi connectivity index (χ3n) is 3.56. The largest absolute Gasteiger partial charge is 0.487 e. The lowest BCUT2D eigenvalue weighted by Gasteiger charge is -2.22.